The minimum atomic E-state index is -2.78. The van der Waals surface area contributed by atoms with E-state index in [1.54, 1.807) is 0 Å². The molecule has 0 saturated carbocycles. The first-order chi connectivity index (χ1) is 38.2. The number of nitrogens with zero attached hydrogens (tertiary/aromatic N) is 2. The number of para-hydroxylation sites is 2. The Bertz CT molecular complexity index is 4310. The summed E-state index contributed by atoms with van der Waals surface area (Å²) in [5, 5.41) is 12.9. The molecule has 14 rings (SSSR count). The van der Waals surface area contributed by atoms with Crippen molar-refractivity contribution < 1.29 is 0 Å². The van der Waals surface area contributed by atoms with Crippen LogP contribution in [0, 0.1) is 0 Å². The Hall–Kier alpha value is -9.80. The fourth-order valence-corrected chi connectivity index (χ4v) is 17.2. The van der Waals surface area contributed by atoms with E-state index in [1.807, 2.05) is 0 Å². The number of fused-ring (bicyclic) bond motifs is 6. The molecular weight excluding hydrogens is 945 g/mol. The fraction of sp³-hybridized carbons (Fsp3) is 0. The number of hydrogen-bond donors (Lipinski definition) is 0. The molecule has 0 aliphatic carbocycles. The second-order valence-corrected chi connectivity index (χ2v) is 23.7. The Labute approximate surface area is 450 Å². The van der Waals surface area contributed by atoms with E-state index >= 15 is 0 Å². The van der Waals surface area contributed by atoms with Gasteiger partial charge >= 0.3 is 0 Å². The van der Waals surface area contributed by atoms with Gasteiger partial charge < -0.3 is 9.47 Å². The van der Waals surface area contributed by atoms with Gasteiger partial charge in [-0.25, -0.2) is 0 Å². The monoisotopic (exact) mass is 996 g/mol. The van der Waals surface area contributed by atoms with E-state index in [-0.39, 0.29) is 0 Å². The van der Waals surface area contributed by atoms with E-state index in [1.165, 1.54) is 91.9 Å². The van der Waals surface area contributed by atoms with Gasteiger partial charge in [0.25, 0.3) is 0 Å². The Morgan fingerprint density at radius 2 is 0.662 bits per heavy atom. The molecule has 0 aliphatic rings. The van der Waals surface area contributed by atoms with Gasteiger partial charge in [-0.2, -0.15) is 0 Å². The number of benzene rings is 13. The highest BCUT2D eigenvalue weighted by Gasteiger charge is 2.41. The molecule has 1 aromatic heterocycles. The standard InChI is InChI=1S/C74H52N2Si/c1-6-24-53(25-7-1)72-67-38-18-16-36-65(67)66-37-17-19-39-68(66)73(72)54-44-46-57(47-45-54)75(58-48-50-63(51-49-58)77(60-30-10-3-11-31-60,61-32-12-4-13-33-61)62-34-14-5-15-35-62)59-29-22-26-55(52-59)64-41-23-43-71-74(64)69-40-20-21-42-70(69)76(71)56-27-8-2-9-28-56/h1-52H. The van der Waals surface area contributed by atoms with Gasteiger partial charge in [-0.3, -0.25) is 0 Å². The van der Waals surface area contributed by atoms with Crippen molar-refractivity contribution in [3.63, 3.8) is 0 Å². The summed E-state index contributed by atoms with van der Waals surface area (Å²) in [6.07, 6.45) is 0. The summed E-state index contributed by atoms with van der Waals surface area (Å²) >= 11 is 0. The Kier molecular flexibility index (Phi) is 11.6. The highest BCUT2D eigenvalue weighted by atomic mass is 28.3. The van der Waals surface area contributed by atoms with Crippen LogP contribution in [0.25, 0.3) is 82.4 Å². The maximum Gasteiger partial charge on any atom is 0.179 e. The van der Waals surface area contributed by atoms with Crippen LogP contribution in [0.1, 0.15) is 0 Å². The summed E-state index contributed by atoms with van der Waals surface area (Å²) < 4.78 is 2.40. The van der Waals surface area contributed by atoms with Crippen molar-refractivity contribution in [1.29, 1.82) is 0 Å². The molecule has 0 amide bonds. The molecule has 77 heavy (non-hydrogen) atoms. The van der Waals surface area contributed by atoms with Gasteiger partial charge in [0.05, 0.1) is 11.0 Å². The van der Waals surface area contributed by atoms with Crippen LogP contribution in [0.2, 0.25) is 0 Å². The third-order valence-electron chi connectivity index (χ3n) is 15.7. The van der Waals surface area contributed by atoms with Gasteiger partial charge in [0, 0.05) is 33.5 Å². The normalized spacial score (nSPS) is 11.6. The molecule has 0 bridgehead atoms. The molecule has 3 heteroatoms. The van der Waals surface area contributed by atoms with Crippen molar-refractivity contribution in [3.8, 4) is 39.1 Å². The minimum absolute atomic E-state index is 1.07. The number of hydrogen-bond acceptors (Lipinski definition) is 1. The van der Waals surface area contributed by atoms with Crippen molar-refractivity contribution in [1.82, 2.24) is 4.57 Å². The van der Waals surface area contributed by atoms with Crippen LogP contribution in [0.5, 0.6) is 0 Å². The van der Waals surface area contributed by atoms with Crippen molar-refractivity contribution >= 4 is 89.2 Å². The van der Waals surface area contributed by atoms with Crippen molar-refractivity contribution in [2.24, 2.45) is 0 Å². The zero-order valence-corrected chi connectivity index (χ0v) is 43.4. The number of rotatable bonds is 11. The van der Waals surface area contributed by atoms with E-state index in [4.69, 9.17) is 0 Å². The molecule has 0 fully saturated rings. The van der Waals surface area contributed by atoms with Gasteiger partial charge in [-0.1, -0.05) is 255 Å². The van der Waals surface area contributed by atoms with Gasteiger partial charge in [-0.15, -0.1) is 0 Å². The van der Waals surface area contributed by atoms with Crippen molar-refractivity contribution in [3.05, 3.63) is 315 Å². The molecule has 0 unspecified atom stereocenters. The van der Waals surface area contributed by atoms with Crippen molar-refractivity contribution in [2.45, 2.75) is 0 Å². The summed E-state index contributed by atoms with van der Waals surface area (Å²) in [4.78, 5) is 2.44. The lowest BCUT2D eigenvalue weighted by molar-refractivity contribution is 1.18. The van der Waals surface area contributed by atoms with Crippen LogP contribution in [-0.2, 0) is 0 Å². The lowest BCUT2D eigenvalue weighted by Crippen LogP contribution is -2.74. The summed E-state index contributed by atoms with van der Waals surface area (Å²) in [5.74, 6) is 0. The SMILES string of the molecule is c1ccc(-c2c(-c3ccc(N(c4ccc([Si](c5ccccc5)(c5ccccc5)c5ccccc5)cc4)c4cccc(-c5cccc6c5c5ccccc5n6-c5ccccc5)c4)cc3)c3ccccc3c3ccccc23)cc1. The van der Waals surface area contributed by atoms with E-state index in [9.17, 15) is 0 Å². The molecule has 0 spiro atoms. The Morgan fingerprint density at radius 1 is 0.260 bits per heavy atom. The first kappa shape index (κ1) is 45.8. The molecule has 0 radical (unpaired) electrons. The van der Waals surface area contributed by atoms with Crippen molar-refractivity contribution in [2.75, 3.05) is 4.90 Å². The highest BCUT2D eigenvalue weighted by Crippen LogP contribution is 2.46. The van der Waals surface area contributed by atoms with E-state index in [0.717, 1.165) is 28.3 Å². The molecule has 1 heterocycles. The fourth-order valence-electron chi connectivity index (χ4n) is 12.4. The van der Waals surface area contributed by atoms with Gasteiger partial charge in [0.15, 0.2) is 8.07 Å². The molecule has 362 valence electrons. The van der Waals surface area contributed by atoms with E-state index < -0.39 is 8.07 Å². The predicted molar refractivity (Wildman–Crippen MR) is 330 cm³/mol. The van der Waals surface area contributed by atoms with E-state index in [0.29, 0.717) is 0 Å². The van der Waals surface area contributed by atoms with Crippen LogP contribution in [0.15, 0.2) is 315 Å². The molecule has 14 aromatic rings. The van der Waals surface area contributed by atoms with Crippen LogP contribution >= 0.6 is 0 Å². The first-order valence-electron chi connectivity index (χ1n) is 26.6. The maximum atomic E-state index is 2.44. The second-order valence-electron chi connectivity index (χ2n) is 19.9. The summed E-state index contributed by atoms with van der Waals surface area (Å²) in [6, 6.07) is 116. The molecule has 0 atom stereocenters. The quantitative estimate of drug-likeness (QED) is 0.0712. The average Bonchev–Trinajstić information content (AvgIpc) is 3.99. The van der Waals surface area contributed by atoms with Crippen LogP contribution < -0.4 is 25.6 Å². The third kappa shape index (κ3) is 7.79. The lowest BCUT2D eigenvalue weighted by atomic mass is 9.85. The van der Waals surface area contributed by atoms with Crippen LogP contribution in [-0.4, -0.2) is 12.6 Å². The topological polar surface area (TPSA) is 8.17 Å². The zero-order chi connectivity index (χ0) is 51.1. The second kappa shape index (κ2) is 19.5. The van der Waals surface area contributed by atoms with Gasteiger partial charge in [0.2, 0.25) is 0 Å². The zero-order valence-electron chi connectivity index (χ0n) is 42.4. The average molecular weight is 997 g/mol. The summed E-state index contributed by atoms with van der Waals surface area (Å²) in [7, 11) is -2.78. The largest absolute Gasteiger partial charge is 0.310 e. The number of aromatic nitrogens is 1. The minimum Gasteiger partial charge on any atom is -0.310 e. The van der Waals surface area contributed by atoms with E-state index in [2.05, 4.69) is 325 Å². The first-order valence-corrected chi connectivity index (χ1v) is 28.6. The van der Waals surface area contributed by atoms with Crippen LogP contribution in [0.3, 0.4) is 0 Å². The van der Waals surface area contributed by atoms with Gasteiger partial charge in [0.1, 0.15) is 0 Å². The van der Waals surface area contributed by atoms with Crippen LogP contribution in [0.4, 0.5) is 17.1 Å². The summed E-state index contributed by atoms with van der Waals surface area (Å²) in [5.41, 5.74) is 14.0. The lowest BCUT2D eigenvalue weighted by Gasteiger charge is -2.35. The molecular formula is C74H52N2Si. The molecule has 2 nitrogen and oxygen atoms in total. The molecule has 13 aromatic carbocycles. The maximum absolute atomic E-state index is 2.78. The smallest absolute Gasteiger partial charge is 0.179 e. The van der Waals surface area contributed by atoms with Gasteiger partial charge in [-0.05, 0) is 136 Å². The third-order valence-corrected chi connectivity index (χ3v) is 20.5. The molecule has 0 N–H and O–H groups in total. The Morgan fingerprint density at radius 3 is 1.22 bits per heavy atom. The number of anilines is 3. The summed E-state index contributed by atoms with van der Waals surface area (Å²) in [6.45, 7) is 0. The predicted octanol–water partition coefficient (Wildman–Crippen LogP) is 16.9. The molecule has 0 saturated heterocycles. The Balaban J connectivity index is 0.970. The highest BCUT2D eigenvalue weighted by molar-refractivity contribution is 7.19. The molecule has 0 aliphatic heterocycles.